The van der Waals surface area contributed by atoms with Crippen molar-refractivity contribution in [3.05, 3.63) is 95.9 Å². The van der Waals surface area contributed by atoms with Gasteiger partial charge in [0, 0.05) is 17.8 Å². The zero-order chi connectivity index (χ0) is 21.4. The summed E-state index contributed by atoms with van der Waals surface area (Å²) in [6.45, 7) is 14.7. The Morgan fingerprint density at radius 2 is 1.79 bits per heavy atom. The molecule has 3 aliphatic carbocycles. The third-order valence-corrected chi connectivity index (χ3v) is 6.18. The van der Waals surface area contributed by atoms with Crippen LogP contribution in [0.1, 0.15) is 49.7 Å². The molecule has 0 radical (unpaired) electrons. The van der Waals surface area contributed by atoms with E-state index in [-0.39, 0.29) is 5.41 Å². The van der Waals surface area contributed by atoms with Crippen molar-refractivity contribution in [1.29, 1.82) is 0 Å². The smallest absolute Gasteiger partial charge is 0.139 e. The molecule has 0 amide bonds. The second-order valence-electron chi connectivity index (χ2n) is 7.54. The van der Waals surface area contributed by atoms with Gasteiger partial charge < -0.3 is 5.11 Å². The maximum atomic E-state index is 12.2. The lowest BCUT2D eigenvalue weighted by atomic mass is 9.60. The first-order valence-electron chi connectivity index (χ1n) is 9.85. The Hall–Kier alpha value is -3.19. The van der Waals surface area contributed by atoms with Gasteiger partial charge in [-0.25, -0.2) is 0 Å². The second kappa shape index (κ2) is 9.84. The highest BCUT2D eigenvalue weighted by atomic mass is 16.3. The molecule has 1 aromatic rings. The lowest BCUT2D eigenvalue weighted by molar-refractivity contribution is -0.126. The summed E-state index contributed by atoms with van der Waals surface area (Å²) in [4.78, 5) is 12.2. The topological polar surface area (TPSA) is 37.3 Å². The number of Topliss-reactive ketones (excluding diaryl/α,β-unsaturated/α-hetero) is 1. The average molecular weight is 385 g/mol. The van der Waals surface area contributed by atoms with Crippen LogP contribution in [0.4, 0.5) is 0 Å². The number of hydrogen-bond acceptors (Lipinski definition) is 2. The largest absolute Gasteiger partial charge is 0.508 e. The van der Waals surface area contributed by atoms with Gasteiger partial charge in [-0.05, 0) is 85.2 Å². The summed E-state index contributed by atoms with van der Waals surface area (Å²) in [5.41, 5.74) is 16.0. The highest BCUT2D eigenvalue weighted by Gasteiger charge is 2.52. The predicted octanol–water partition coefficient (Wildman–Crippen LogP) is 6.12. The van der Waals surface area contributed by atoms with Crippen molar-refractivity contribution in [2.24, 2.45) is 11.3 Å². The van der Waals surface area contributed by atoms with E-state index in [0.29, 0.717) is 23.4 Å². The van der Waals surface area contributed by atoms with Crippen LogP contribution in [0.25, 0.3) is 0 Å². The van der Waals surface area contributed by atoms with E-state index in [2.05, 4.69) is 74.0 Å². The number of fused-ring (bicyclic) bond motifs is 5. The van der Waals surface area contributed by atoms with E-state index in [1.165, 1.54) is 16.7 Å². The van der Waals surface area contributed by atoms with Gasteiger partial charge in [0.25, 0.3) is 0 Å². The number of ketones is 1. The van der Waals surface area contributed by atoms with Crippen molar-refractivity contribution >= 4 is 5.78 Å². The molecule has 2 nitrogen and oxygen atoms in total. The van der Waals surface area contributed by atoms with Crippen molar-refractivity contribution in [3.63, 3.8) is 0 Å². The van der Waals surface area contributed by atoms with E-state index in [9.17, 15) is 9.90 Å². The first kappa shape index (κ1) is 22.1. The molecule has 0 heterocycles. The highest BCUT2D eigenvalue weighted by molar-refractivity contribution is 5.88. The van der Waals surface area contributed by atoms with Crippen LogP contribution in [0.5, 0.6) is 5.75 Å². The molecular formula is C27H28O2. The zero-order valence-corrected chi connectivity index (χ0v) is 17.2. The van der Waals surface area contributed by atoms with Gasteiger partial charge in [-0.15, -0.1) is 13.2 Å². The second-order valence-corrected chi connectivity index (χ2v) is 7.54. The fourth-order valence-corrected chi connectivity index (χ4v) is 4.85. The summed E-state index contributed by atoms with van der Waals surface area (Å²) in [7, 11) is 0. The molecule has 0 spiro atoms. The molecule has 29 heavy (non-hydrogen) atoms. The van der Waals surface area contributed by atoms with Crippen LogP contribution in [0.2, 0.25) is 0 Å². The number of benzene rings is 1. The molecule has 3 atom stereocenters. The Morgan fingerprint density at radius 1 is 1.10 bits per heavy atom. The number of aromatic hydroxyl groups is 1. The van der Waals surface area contributed by atoms with E-state index >= 15 is 0 Å². The molecule has 0 aromatic heterocycles. The van der Waals surface area contributed by atoms with E-state index in [1.807, 2.05) is 6.07 Å². The van der Waals surface area contributed by atoms with Crippen molar-refractivity contribution in [2.45, 2.75) is 44.9 Å². The Labute approximate surface area is 174 Å². The molecule has 148 valence electrons. The van der Waals surface area contributed by atoms with Gasteiger partial charge in [-0.1, -0.05) is 36.1 Å². The van der Waals surface area contributed by atoms with Gasteiger partial charge in [0.2, 0.25) is 0 Å². The predicted molar refractivity (Wildman–Crippen MR) is 118 cm³/mol. The molecule has 4 rings (SSSR count). The quantitative estimate of drug-likeness (QED) is 0.432. The van der Waals surface area contributed by atoms with Crippen molar-refractivity contribution < 1.29 is 9.90 Å². The highest BCUT2D eigenvalue weighted by Crippen LogP contribution is 2.57. The Bertz CT molecular complexity index is 975. The maximum Gasteiger partial charge on any atom is 0.139 e. The van der Waals surface area contributed by atoms with Gasteiger partial charge in [0.1, 0.15) is 11.5 Å². The first-order chi connectivity index (χ1) is 14.0. The number of carbonyl (C=O) groups excluding carboxylic acids is 1. The van der Waals surface area contributed by atoms with Crippen molar-refractivity contribution in [3.8, 4) is 5.75 Å². The number of phenolic OH excluding ortho intramolecular Hbond substituents is 1. The first-order valence-corrected chi connectivity index (χ1v) is 9.85. The number of rotatable bonds is 0. The molecule has 0 aliphatic heterocycles. The molecule has 2 fully saturated rings. The fourth-order valence-electron chi connectivity index (χ4n) is 4.85. The molecule has 0 bridgehead atoms. The normalized spacial score (nSPS) is 25.1. The molecule has 1 aromatic carbocycles. The van der Waals surface area contributed by atoms with Crippen LogP contribution in [0.3, 0.4) is 0 Å². The lowest BCUT2D eigenvalue weighted by Crippen LogP contribution is -2.37. The standard InChI is InChI=1S/C18H20O2.C7H4.C2H4/c1-18-9-8-14-13-5-3-12(19)10-11(13)2-4-15(14)16(18)6-7-17(18)20;1-3-5-7-6-4-2;1-2/h3-5,10,14,16,19H,2,6-9H2,1H3;1-2H2;1-2H2/t14-,16+,18+;;/m1../s1. The van der Waals surface area contributed by atoms with Crippen LogP contribution in [0.15, 0.2) is 84.8 Å². The molecule has 0 saturated heterocycles. The third kappa shape index (κ3) is 4.46. The average Bonchev–Trinajstić information content (AvgIpc) is 3.05. The Kier molecular flexibility index (Phi) is 7.50. The van der Waals surface area contributed by atoms with Crippen molar-refractivity contribution in [2.75, 3.05) is 0 Å². The summed E-state index contributed by atoms with van der Waals surface area (Å²) >= 11 is 0. The number of phenols is 1. The van der Waals surface area contributed by atoms with Crippen molar-refractivity contribution in [1.82, 2.24) is 0 Å². The number of hydrogen-bond donors (Lipinski definition) is 1. The van der Waals surface area contributed by atoms with E-state index < -0.39 is 0 Å². The molecule has 1 N–H and O–H groups in total. The minimum atomic E-state index is -0.100. The summed E-state index contributed by atoms with van der Waals surface area (Å²) < 4.78 is 0. The summed E-state index contributed by atoms with van der Waals surface area (Å²) in [6, 6.07) is 5.79. The minimum absolute atomic E-state index is 0.100. The minimum Gasteiger partial charge on any atom is -0.508 e. The maximum absolute atomic E-state index is 12.2. The monoisotopic (exact) mass is 384 g/mol. The van der Waals surface area contributed by atoms with Gasteiger partial charge in [-0.2, -0.15) is 0 Å². The molecule has 2 saturated carbocycles. The van der Waals surface area contributed by atoms with Crippen LogP contribution < -0.4 is 0 Å². The lowest BCUT2D eigenvalue weighted by Gasteiger charge is -2.43. The molecule has 0 unspecified atom stereocenters. The Balaban J connectivity index is 0.000000287. The third-order valence-electron chi connectivity index (χ3n) is 6.18. The number of carbonyl (C=O) groups is 1. The molecule has 3 aliphatic rings. The summed E-state index contributed by atoms with van der Waals surface area (Å²) in [5, 5.41) is 9.64. The van der Waals surface area contributed by atoms with Gasteiger partial charge in [0.15, 0.2) is 0 Å². The Morgan fingerprint density at radius 3 is 2.45 bits per heavy atom. The van der Waals surface area contributed by atoms with Gasteiger partial charge in [-0.3, -0.25) is 4.79 Å². The summed E-state index contributed by atoms with van der Waals surface area (Å²) in [5.74, 6) is 1.76. The SMILES string of the molecule is C=C.C=C=C=C=C=C=C.C[C@]12CC[C@H]3C(=CCc4cc(O)ccc43)[C@@H]1CCC2=O. The van der Waals surface area contributed by atoms with Crippen LogP contribution >= 0.6 is 0 Å². The van der Waals surface area contributed by atoms with E-state index in [0.717, 1.165) is 32.1 Å². The van der Waals surface area contributed by atoms with Gasteiger partial charge in [0.05, 0.1) is 0 Å². The molecular weight excluding hydrogens is 356 g/mol. The molecule has 2 heteroatoms. The van der Waals surface area contributed by atoms with E-state index in [4.69, 9.17) is 0 Å². The van der Waals surface area contributed by atoms with Gasteiger partial charge >= 0.3 is 0 Å². The van der Waals surface area contributed by atoms with Crippen LogP contribution in [-0.2, 0) is 11.2 Å². The zero-order valence-electron chi connectivity index (χ0n) is 17.2. The fraction of sp³-hybridized carbons (Fsp3) is 0.333. The summed E-state index contributed by atoms with van der Waals surface area (Å²) in [6.07, 6.45) is 7.11. The van der Waals surface area contributed by atoms with Crippen LogP contribution in [-0.4, -0.2) is 10.9 Å². The van der Waals surface area contributed by atoms with Crippen LogP contribution in [0, 0.1) is 11.3 Å². The number of allylic oxidation sites excluding steroid dienone is 2. The van der Waals surface area contributed by atoms with E-state index in [1.54, 1.807) is 6.07 Å².